The van der Waals surface area contributed by atoms with Gasteiger partial charge in [-0.15, -0.1) is 0 Å². The summed E-state index contributed by atoms with van der Waals surface area (Å²) in [6.45, 7) is 0.984. The zero-order valence-corrected chi connectivity index (χ0v) is 14.1. The van der Waals surface area contributed by atoms with Gasteiger partial charge in [-0.2, -0.15) is 4.31 Å². The summed E-state index contributed by atoms with van der Waals surface area (Å²) >= 11 is 1.41. The minimum absolute atomic E-state index is 0.0358. The van der Waals surface area contributed by atoms with Crippen LogP contribution in [0.25, 0.3) is 0 Å². The molecule has 8 heteroatoms. The van der Waals surface area contributed by atoms with Crippen molar-refractivity contribution in [3.63, 3.8) is 0 Å². The summed E-state index contributed by atoms with van der Waals surface area (Å²) in [5.41, 5.74) is 0. The van der Waals surface area contributed by atoms with Crippen LogP contribution in [0, 0.1) is 0 Å². The normalized spacial score (nSPS) is 18.9. The second-order valence-electron chi connectivity index (χ2n) is 5.16. The van der Waals surface area contributed by atoms with E-state index in [0.717, 1.165) is 0 Å². The Kier molecular flexibility index (Phi) is 5.14. The van der Waals surface area contributed by atoms with Crippen LogP contribution in [0.1, 0.15) is 6.42 Å². The molecule has 0 aliphatic carbocycles. The van der Waals surface area contributed by atoms with Gasteiger partial charge in [-0.05, 0) is 18.6 Å². The molecule has 1 aromatic heterocycles. The molecule has 1 atom stereocenters. The van der Waals surface area contributed by atoms with Crippen LogP contribution in [0.5, 0.6) is 10.9 Å². The van der Waals surface area contributed by atoms with Gasteiger partial charge in [0, 0.05) is 18.1 Å². The summed E-state index contributed by atoms with van der Waals surface area (Å²) in [6.07, 6.45) is 2.22. The smallest absolute Gasteiger partial charge is 0.273 e. The van der Waals surface area contributed by atoms with E-state index in [9.17, 15) is 8.42 Å². The van der Waals surface area contributed by atoms with Gasteiger partial charge in [-0.3, -0.25) is 0 Å². The van der Waals surface area contributed by atoms with Crippen molar-refractivity contribution in [2.24, 2.45) is 0 Å². The van der Waals surface area contributed by atoms with Crippen LogP contribution in [0.3, 0.4) is 0 Å². The molecule has 1 aromatic carbocycles. The molecule has 2 heterocycles. The summed E-state index contributed by atoms with van der Waals surface area (Å²) < 4.78 is 37.3. The zero-order chi connectivity index (χ0) is 16.1. The molecule has 1 aliphatic heterocycles. The molecule has 23 heavy (non-hydrogen) atoms. The van der Waals surface area contributed by atoms with Crippen LogP contribution in [0.4, 0.5) is 0 Å². The van der Waals surface area contributed by atoms with E-state index in [1.165, 1.54) is 15.6 Å². The van der Waals surface area contributed by atoms with Crippen LogP contribution >= 0.6 is 11.3 Å². The van der Waals surface area contributed by atoms with Gasteiger partial charge >= 0.3 is 0 Å². The quantitative estimate of drug-likeness (QED) is 0.761. The highest BCUT2D eigenvalue weighted by Gasteiger charge is 2.32. The maximum atomic E-state index is 12.3. The molecule has 0 saturated carbocycles. The van der Waals surface area contributed by atoms with E-state index in [4.69, 9.17) is 9.47 Å². The van der Waals surface area contributed by atoms with E-state index in [2.05, 4.69) is 4.98 Å². The summed E-state index contributed by atoms with van der Waals surface area (Å²) in [5, 5.41) is 2.42. The molecule has 0 amide bonds. The van der Waals surface area contributed by atoms with Crippen LogP contribution in [0.15, 0.2) is 41.9 Å². The topological polar surface area (TPSA) is 68.7 Å². The summed E-state index contributed by atoms with van der Waals surface area (Å²) in [4.78, 5) is 4.06. The predicted molar refractivity (Wildman–Crippen MR) is 88.4 cm³/mol. The first-order chi connectivity index (χ1) is 11.1. The fourth-order valence-corrected chi connectivity index (χ4v) is 4.25. The largest absolute Gasteiger partial charge is 0.492 e. The lowest BCUT2D eigenvalue weighted by molar-refractivity contribution is 0.214. The van der Waals surface area contributed by atoms with Gasteiger partial charge in [0.1, 0.15) is 18.5 Å². The summed E-state index contributed by atoms with van der Waals surface area (Å²) in [5.74, 6) is 0.639. The molecule has 0 bridgehead atoms. The van der Waals surface area contributed by atoms with Crippen molar-refractivity contribution in [1.29, 1.82) is 0 Å². The van der Waals surface area contributed by atoms with Crippen molar-refractivity contribution in [3.8, 4) is 10.9 Å². The van der Waals surface area contributed by atoms with Gasteiger partial charge in [0.05, 0.1) is 12.3 Å². The summed E-state index contributed by atoms with van der Waals surface area (Å²) in [6, 6.07) is 9.20. The molecule has 124 valence electrons. The van der Waals surface area contributed by atoms with Gasteiger partial charge < -0.3 is 9.47 Å². The first-order valence-electron chi connectivity index (χ1n) is 7.35. The molecule has 1 aliphatic rings. The third-order valence-corrected chi connectivity index (χ3v) is 5.99. The minimum atomic E-state index is -3.33. The molecule has 1 saturated heterocycles. The van der Waals surface area contributed by atoms with E-state index in [0.29, 0.717) is 30.5 Å². The number of thiazole rings is 1. The standard InChI is InChI=1S/C15H18N2O4S2/c18-23(19,11-9-20-13-4-2-1-3-5-13)17-8-6-14(12-17)21-15-16-7-10-22-15/h1-5,7,10,14H,6,8-9,11-12H2. The molecule has 2 aromatic rings. The van der Waals surface area contributed by atoms with Gasteiger partial charge in [-0.25, -0.2) is 13.4 Å². The molecular formula is C15H18N2O4S2. The van der Waals surface area contributed by atoms with Crippen LogP contribution < -0.4 is 9.47 Å². The predicted octanol–water partition coefficient (Wildman–Crippen LogP) is 2.01. The molecule has 3 rings (SSSR count). The fourth-order valence-electron chi connectivity index (χ4n) is 2.37. The Morgan fingerprint density at radius 2 is 2.13 bits per heavy atom. The second kappa shape index (κ2) is 7.29. The van der Waals surface area contributed by atoms with Gasteiger partial charge in [0.15, 0.2) is 0 Å². The molecular weight excluding hydrogens is 336 g/mol. The highest BCUT2D eigenvalue weighted by atomic mass is 32.2. The van der Waals surface area contributed by atoms with Crippen molar-refractivity contribution in [3.05, 3.63) is 41.9 Å². The highest BCUT2D eigenvalue weighted by molar-refractivity contribution is 7.89. The number of ether oxygens (including phenoxy) is 2. The van der Waals surface area contributed by atoms with Crippen molar-refractivity contribution in [2.45, 2.75) is 12.5 Å². The third kappa shape index (κ3) is 4.43. The number of nitrogens with zero attached hydrogens (tertiary/aromatic N) is 2. The molecule has 6 nitrogen and oxygen atoms in total. The van der Waals surface area contributed by atoms with Crippen LogP contribution in [-0.4, -0.2) is 49.3 Å². The number of aromatic nitrogens is 1. The van der Waals surface area contributed by atoms with Gasteiger partial charge in [0.2, 0.25) is 10.0 Å². The first kappa shape index (κ1) is 16.2. The average molecular weight is 354 g/mol. The number of benzene rings is 1. The van der Waals surface area contributed by atoms with Gasteiger partial charge in [0.25, 0.3) is 5.19 Å². The molecule has 0 N–H and O–H groups in total. The Bertz CT molecular complexity index is 704. The number of para-hydroxylation sites is 1. The van der Waals surface area contributed by atoms with Gasteiger partial charge in [-0.1, -0.05) is 29.5 Å². The maximum Gasteiger partial charge on any atom is 0.273 e. The Hall–Kier alpha value is -1.64. The Labute approximate surface area is 139 Å². The van der Waals surface area contributed by atoms with Crippen LogP contribution in [-0.2, 0) is 10.0 Å². The fraction of sp³-hybridized carbons (Fsp3) is 0.400. The van der Waals surface area contributed by atoms with Crippen molar-refractivity contribution < 1.29 is 17.9 Å². The highest BCUT2D eigenvalue weighted by Crippen LogP contribution is 2.22. The maximum absolute atomic E-state index is 12.3. The van der Waals surface area contributed by atoms with E-state index in [1.807, 2.05) is 23.6 Å². The molecule has 1 unspecified atom stereocenters. The minimum Gasteiger partial charge on any atom is -0.492 e. The third-order valence-electron chi connectivity index (χ3n) is 3.53. The Balaban J connectivity index is 1.48. The Morgan fingerprint density at radius 1 is 1.30 bits per heavy atom. The monoisotopic (exact) mass is 354 g/mol. The SMILES string of the molecule is O=S(=O)(CCOc1ccccc1)N1CCC(Oc2nccs2)C1. The number of hydrogen-bond donors (Lipinski definition) is 0. The lowest BCUT2D eigenvalue weighted by Gasteiger charge is -2.16. The zero-order valence-electron chi connectivity index (χ0n) is 12.5. The van der Waals surface area contributed by atoms with Crippen molar-refractivity contribution >= 4 is 21.4 Å². The van der Waals surface area contributed by atoms with Crippen molar-refractivity contribution in [2.75, 3.05) is 25.4 Å². The number of hydrogen-bond acceptors (Lipinski definition) is 6. The van der Waals surface area contributed by atoms with E-state index >= 15 is 0 Å². The molecule has 1 fully saturated rings. The van der Waals surface area contributed by atoms with Crippen LogP contribution in [0.2, 0.25) is 0 Å². The lowest BCUT2D eigenvalue weighted by Crippen LogP contribution is -2.34. The van der Waals surface area contributed by atoms with Crippen molar-refractivity contribution in [1.82, 2.24) is 9.29 Å². The number of sulfonamides is 1. The van der Waals surface area contributed by atoms with E-state index < -0.39 is 10.0 Å². The average Bonchev–Trinajstić information content (AvgIpc) is 3.21. The molecule has 0 radical (unpaired) electrons. The Morgan fingerprint density at radius 3 is 2.87 bits per heavy atom. The lowest BCUT2D eigenvalue weighted by atomic mass is 10.3. The number of rotatable bonds is 7. The molecule has 0 spiro atoms. The first-order valence-corrected chi connectivity index (χ1v) is 9.84. The van der Waals surface area contributed by atoms with E-state index in [-0.39, 0.29) is 18.5 Å². The van der Waals surface area contributed by atoms with E-state index in [1.54, 1.807) is 18.3 Å². The second-order valence-corrected chi connectivity index (χ2v) is 8.11. The summed E-state index contributed by atoms with van der Waals surface area (Å²) in [7, 11) is -3.33.